The molecule has 190 valence electrons. The number of nitrogens with one attached hydrogen (secondary N) is 2. The van der Waals surface area contributed by atoms with E-state index in [-0.39, 0.29) is 50.3 Å². The van der Waals surface area contributed by atoms with Gasteiger partial charge in [0.2, 0.25) is 5.91 Å². The molecule has 4 atom stereocenters. The first-order valence-corrected chi connectivity index (χ1v) is 12.2. The molecule has 3 N–H and O–H groups in total. The van der Waals surface area contributed by atoms with Crippen LogP contribution in [0.15, 0.2) is 36.8 Å². The minimum absolute atomic E-state index is 0.0797. The van der Waals surface area contributed by atoms with Gasteiger partial charge in [0.15, 0.2) is 0 Å². The van der Waals surface area contributed by atoms with Crippen LogP contribution < -0.4 is 10.6 Å². The molecule has 0 bridgehead atoms. The first-order chi connectivity index (χ1) is 16.9. The number of nitrogens with zero attached hydrogens (tertiary/aromatic N) is 3. The molecule has 2 aliphatic rings. The van der Waals surface area contributed by atoms with E-state index in [1.807, 2.05) is 17.8 Å². The Hall–Kier alpha value is -2.66. The number of carbonyl (C=O) groups is 2. The van der Waals surface area contributed by atoms with Crippen LogP contribution in [-0.4, -0.2) is 82.2 Å². The summed E-state index contributed by atoms with van der Waals surface area (Å²) in [5.41, 5.74) is 1.54. The van der Waals surface area contributed by atoms with Crippen LogP contribution in [0.3, 0.4) is 0 Å². The molecule has 2 fully saturated rings. The summed E-state index contributed by atoms with van der Waals surface area (Å²) in [7, 11) is 1.91. The number of aromatic nitrogens is 2. The van der Waals surface area contributed by atoms with Crippen LogP contribution >= 0.6 is 11.6 Å². The smallest absolute Gasteiger partial charge is 0.322 e. The maximum absolute atomic E-state index is 13.1. The molecular formula is C24H32ClN5O5. The summed E-state index contributed by atoms with van der Waals surface area (Å²) in [6.07, 6.45) is 4.38. The third kappa shape index (κ3) is 7.17. The van der Waals surface area contributed by atoms with E-state index in [9.17, 15) is 14.7 Å². The number of benzene rings is 1. The number of ether oxygens (including phenoxy) is 2. The number of urea groups is 1. The fourth-order valence-electron chi connectivity index (χ4n) is 4.51. The number of carbonyl (C=O) groups excluding carboxylic acids is 2. The van der Waals surface area contributed by atoms with Gasteiger partial charge in [-0.3, -0.25) is 4.79 Å². The molecule has 3 heterocycles. The van der Waals surface area contributed by atoms with Crippen LogP contribution in [-0.2, 0) is 27.7 Å². The van der Waals surface area contributed by atoms with Gasteiger partial charge in [-0.1, -0.05) is 11.6 Å². The van der Waals surface area contributed by atoms with Gasteiger partial charge < -0.3 is 34.7 Å². The third-order valence-corrected chi connectivity index (χ3v) is 6.46. The van der Waals surface area contributed by atoms with E-state index < -0.39 is 12.2 Å². The maximum atomic E-state index is 13.1. The van der Waals surface area contributed by atoms with Gasteiger partial charge in [0.1, 0.15) is 6.10 Å². The number of amides is 3. The van der Waals surface area contributed by atoms with Crippen molar-refractivity contribution in [3.63, 3.8) is 0 Å². The lowest BCUT2D eigenvalue weighted by Gasteiger charge is -2.44. The number of hydrogen-bond acceptors (Lipinski definition) is 6. The van der Waals surface area contributed by atoms with Crippen LogP contribution in [0.2, 0.25) is 5.02 Å². The van der Waals surface area contributed by atoms with Gasteiger partial charge in [-0.2, -0.15) is 0 Å². The minimum Gasteiger partial charge on any atom is -0.389 e. The van der Waals surface area contributed by atoms with Gasteiger partial charge >= 0.3 is 6.03 Å². The quantitative estimate of drug-likeness (QED) is 0.552. The molecule has 2 saturated heterocycles. The lowest BCUT2D eigenvalue weighted by atomic mass is 9.95. The minimum atomic E-state index is -0.797. The van der Waals surface area contributed by atoms with Gasteiger partial charge in [0.05, 0.1) is 56.5 Å². The number of imidazole rings is 1. The lowest BCUT2D eigenvalue weighted by molar-refractivity contribution is -0.149. The lowest BCUT2D eigenvalue weighted by Crippen LogP contribution is -2.58. The summed E-state index contributed by atoms with van der Waals surface area (Å²) in [6.45, 7) is 0.983. The molecule has 1 aromatic carbocycles. The molecule has 0 aliphatic carbocycles. The highest BCUT2D eigenvalue weighted by atomic mass is 35.5. The summed E-state index contributed by atoms with van der Waals surface area (Å²) in [5.74, 6) is -0.0797. The fourth-order valence-corrected chi connectivity index (χ4v) is 4.63. The average molecular weight is 506 g/mol. The van der Waals surface area contributed by atoms with Crippen molar-refractivity contribution >= 4 is 29.2 Å². The Balaban J connectivity index is 1.32. The Morgan fingerprint density at radius 2 is 2.03 bits per heavy atom. The first-order valence-electron chi connectivity index (χ1n) is 11.9. The van der Waals surface area contributed by atoms with Crippen molar-refractivity contribution < 1.29 is 24.2 Å². The standard InChI is InChI=1S/C24H32ClN5O5/c1-29-11-18(27-15-29)8-9-26-23(32)10-20-6-7-21-22(35-20)14-34-13-19(31)12-30(21)24(33)28-17-4-2-16(25)3-5-17/h2-5,11,15,19-22,31H,6-10,12-14H2,1H3,(H,26,32)(H,28,33)/t19-,20+,21+,22-/m1/s1. The Bertz CT molecular complexity index is 1000. The molecule has 4 rings (SSSR count). The van der Waals surface area contributed by atoms with E-state index in [1.165, 1.54) is 0 Å². The SMILES string of the molecule is Cn1cnc(CCNC(=O)C[C@@H]2CC[C@H]3[C@@H](COC[C@H](O)CN3C(=O)Nc3ccc(Cl)cc3)O2)c1. The van der Waals surface area contributed by atoms with E-state index >= 15 is 0 Å². The number of β-amino-alcohol motifs (C(OH)–C–C–N with tert-alkyl or cyclic N) is 1. The van der Waals surface area contributed by atoms with Crippen LogP contribution in [0.1, 0.15) is 25.0 Å². The van der Waals surface area contributed by atoms with Crippen LogP contribution in [0.25, 0.3) is 0 Å². The molecule has 2 aromatic rings. The van der Waals surface area contributed by atoms with E-state index in [2.05, 4.69) is 15.6 Å². The van der Waals surface area contributed by atoms with Crippen molar-refractivity contribution in [2.24, 2.45) is 7.05 Å². The van der Waals surface area contributed by atoms with Crippen LogP contribution in [0, 0.1) is 0 Å². The van der Waals surface area contributed by atoms with Gasteiger partial charge in [0.25, 0.3) is 0 Å². The van der Waals surface area contributed by atoms with Crippen molar-refractivity contribution in [2.45, 2.75) is 50.0 Å². The maximum Gasteiger partial charge on any atom is 0.322 e. The molecular weight excluding hydrogens is 474 g/mol. The zero-order valence-electron chi connectivity index (χ0n) is 19.7. The van der Waals surface area contributed by atoms with Crippen molar-refractivity contribution in [3.05, 3.63) is 47.5 Å². The van der Waals surface area contributed by atoms with E-state index in [4.69, 9.17) is 21.1 Å². The first kappa shape index (κ1) is 25.4. The summed E-state index contributed by atoms with van der Waals surface area (Å²) in [6, 6.07) is 6.25. The molecule has 0 unspecified atom stereocenters. The zero-order chi connectivity index (χ0) is 24.8. The van der Waals surface area contributed by atoms with Gasteiger partial charge in [-0.15, -0.1) is 0 Å². The second-order valence-electron chi connectivity index (χ2n) is 9.06. The Labute approximate surface area is 209 Å². The molecule has 11 heteroatoms. The number of aryl methyl sites for hydroxylation is 1. The number of hydrogen-bond donors (Lipinski definition) is 3. The van der Waals surface area contributed by atoms with Crippen molar-refractivity contribution in [1.29, 1.82) is 0 Å². The summed E-state index contributed by atoms with van der Waals surface area (Å²) >= 11 is 5.93. The molecule has 10 nitrogen and oxygen atoms in total. The Kier molecular flexibility index (Phi) is 8.61. The monoisotopic (exact) mass is 505 g/mol. The fraction of sp³-hybridized carbons (Fsp3) is 0.542. The average Bonchev–Trinajstić information content (AvgIpc) is 3.23. The van der Waals surface area contributed by atoms with Crippen molar-refractivity contribution in [1.82, 2.24) is 19.8 Å². The summed E-state index contributed by atoms with van der Waals surface area (Å²) < 4.78 is 13.7. The normalized spacial score (nSPS) is 24.7. The van der Waals surface area contributed by atoms with Gasteiger partial charge in [-0.25, -0.2) is 9.78 Å². The zero-order valence-corrected chi connectivity index (χ0v) is 20.5. The number of aliphatic hydroxyl groups is 1. The van der Waals surface area contributed by atoms with E-state index in [0.29, 0.717) is 36.5 Å². The predicted molar refractivity (Wildman–Crippen MR) is 130 cm³/mol. The van der Waals surface area contributed by atoms with Crippen molar-refractivity contribution in [3.8, 4) is 0 Å². The van der Waals surface area contributed by atoms with E-state index in [1.54, 1.807) is 35.5 Å². The summed E-state index contributed by atoms with van der Waals surface area (Å²) in [5, 5.41) is 16.7. The summed E-state index contributed by atoms with van der Waals surface area (Å²) in [4.78, 5) is 31.5. The van der Waals surface area contributed by atoms with Gasteiger partial charge in [-0.05, 0) is 37.1 Å². The highest BCUT2D eigenvalue weighted by Crippen LogP contribution is 2.28. The predicted octanol–water partition coefficient (Wildman–Crippen LogP) is 1.96. The number of anilines is 1. The van der Waals surface area contributed by atoms with E-state index in [0.717, 1.165) is 5.69 Å². The molecule has 1 aromatic heterocycles. The number of fused-ring (bicyclic) bond motifs is 1. The van der Waals surface area contributed by atoms with Crippen LogP contribution in [0.4, 0.5) is 10.5 Å². The second-order valence-corrected chi connectivity index (χ2v) is 9.49. The van der Waals surface area contributed by atoms with Gasteiger partial charge in [0, 0.05) is 36.9 Å². The number of halogens is 1. The molecule has 3 amide bonds. The molecule has 2 aliphatic heterocycles. The van der Waals surface area contributed by atoms with Crippen LogP contribution in [0.5, 0.6) is 0 Å². The Morgan fingerprint density at radius 1 is 1.23 bits per heavy atom. The number of aliphatic hydroxyl groups excluding tert-OH is 1. The Morgan fingerprint density at radius 3 is 2.77 bits per heavy atom. The number of rotatable bonds is 6. The highest BCUT2D eigenvalue weighted by Gasteiger charge is 2.40. The second kappa shape index (κ2) is 11.9. The molecule has 35 heavy (non-hydrogen) atoms. The molecule has 0 spiro atoms. The molecule has 0 saturated carbocycles. The topological polar surface area (TPSA) is 118 Å². The molecule has 0 radical (unpaired) electrons. The van der Waals surface area contributed by atoms with Crippen molar-refractivity contribution in [2.75, 3.05) is 31.6 Å². The highest BCUT2D eigenvalue weighted by molar-refractivity contribution is 6.30. The third-order valence-electron chi connectivity index (χ3n) is 6.21. The largest absolute Gasteiger partial charge is 0.389 e.